The number of benzene rings is 1. The standard InChI is InChI=1S/C17H31NO5.C11H16.C6H11ClO2/c1-6-17(4,5)16(21)22-8-7-18-14(19)9-13-15(20)12(3)11(2)10-23-13;1-4-11(2,3)10-8-6-5-7-9-10;1-4-6(2,7)5(8)9-3/h11-13,15,20H,6-10H2,1-5H3,(H,18,19);5-9H,4H2,1-3H3;4H2,1-3H3. The van der Waals surface area contributed by atoms with Gasteiger partial charge in [-0.1, -0.05) is 78.8 Å². The summed E-state index contributed by atoms with van der Waals surface area (Å²) in [6.45, 7) is 20.8. The van der Waals surface area contributed by atoms with Crippen molar-refractivity contribution in [1.29, 1.82) is 0 Å². The van der Waals surface area contributed by atoms with Crippen LogP contribution in [0, 0.1) is 17.3 Å². The van der Waals surface area contributed by atoms with Crippen molar-refractivity contribution < 1.29 is 33.7 Å². The van der Waals surface area contributed by atoms with Crippen molar-refractivity contribution in [3.8, 4) is 0 Å². The Morgan fingerprint density at radius 1 is 0.977 bits per heavy atom. The van der Waals surface area contributed by atoms with Crippen molar-refractivity contribution in [1.82, 2.24) is 5.32 Å². The Morgan fingerprint density at radius 3 is 2.02 bits per heavy atom. The third-order valence-electron chi connectivity index (χ3n) is 8.58. The Bertz CT molecular complexity index is 965. The van der Waals surface area contributed by atoms with E-state index in [1.165, 1.54) is 19.1 Å². The summed E-state index contributed by atoms with van der Waals surface area (Å²) in [5, 5.41) is 12.8. The lowest BCUT2D eigenvalue weighted by Gasteiger charge is -2.37. The third kappa shape index (κ3) is 14.4. The normalized spacial score (nSPS) is 21.5. The van der Waals surface area contributed by atoms with Crippen LogP contribution in [-0.4, -0.2) is 66.9 Å². The summed E-state index contributed by atoms with van der Waals surface area (Å²) in [7, 11) is 1.33. The van der Waals surface area contributed by atoms with Crippen molar-refractivity contribution in [2.45, 2.75) is 117 Å². The molecule has 43 heavy (non-hydrogen) atoms. The Morgan fingerprint density at radius 2 is 1.56 bits per heavy atom. The number of hydrogen-bond acceptors (Lipinski definition) is 7. The zero-order valence-corrected chi connectivity index (χ0v) is 29.2. The molecule has 0 spiro atoms. The van der Waals surface area contributed by atoms with Crippen molar-refractivity contribution in [3.63, 3.8) is 0 Å². The summed E-state index contributed by atoms with van der Waals surface area (Å²) in [6, 6.07) is 10.7. The van der Waals surface area contributed by atoms with Crippen molar-refractivity contribution in [2.24, 2.45) is 17.3 Å². The molecule has 248 valence electrons. The maximum absolute atomic E-state index is 11.9. The molecular formula is C34H58ClNO7. The van der Waals surface area contributed by atoms with Crippen LogP contribution < -0.4 is 5.32 Å². The van der Waals surface area contributed by atoms with E-state index < -0.39 is 22.5 Å². The Hall–Kier alpha value is -2.16. The summed E-state index contributed by atoms with van der Waals surface area (Å²) in [5.74, 6) is -0.444. The third-order valence-corrected chi connectivity index (χ3v) is 9.01. The summed E-state index contributed by atoms with van der Waals surface area (Å²) in [6.07, 6.45) is 1.49. The van der Waals surface area contributed by atoms with E-state index in [1.54, 1.807) is 6.92 Å². The van der Waals surface area contributed by atoms with Gasteiger partial charge in [0.15, 0.2) is 0 Å². The number of ether oxygens (including phenoxy) is 3. The molecule has 0 bridgehead atoms. The molecule has 1 saturated heterocycles. The van der Waals surface area contributed by atoms with Crippen LogP contribution in [0.5, 0.6) is 0 Å². The SMILES string of the molecule is CCC(C)(C)C(=O)OCCNC(=O)CC1OCC(C)C(C)C1O.CCC(C)(C)c1ccccc1.CCC(C)(Cl)C(=O)OC. The molecule has 0 radical (unpaired) electrons. The van der Waals surface area contributed by atoms with E-state index in [9.17, 15) is 19.5 Å². The highest BCUT2D eigenvalue weighted by Crippen LogP contribution is 2.27. The second-order valence-corrected chi connectivity index (χ2v) is 13.6. The van der Waals surface area contributed by atoms with E-state index in [0.29, 0.717) is 24.9 Å². The lowest BCUT2D eigenvalue weighted by Crippen LogP contribution is -2.46. The molecular weight excluding hydrogens is 570 g/mol. The topological polar surface area (TPSA) is 111 Å². The van der Waals surface area contributed by atoms with Gasteiger partial charge in [-0.05, 0) is 62.8 Å². The number of esters is 2. The lowest BCUT2D eigenvalue weighted by molar-refractivity contribution is -0.154. The molecule has 1 aromatic carbocycles. The van der Waals surface area contributed by atoms with Crippen LogP contribution in [0.25, 0.3) is 0 Å². The van der Waals surface area contributed by atoms with Crippen LogP contribution in [0.1, 0.15) is 100 Å². The molecule has 1 heterocycles. The van der Waals surface area contributed by atoms with Gasteiger partial charge in [0.1, 0.15) is 11.5 Å². The highest BCUT2D eigenvalue weighted by molar-refractivity contribution is 6.33. The molecule has 1 aliphatic heterocycles. The van der Waals surface area contributed by atoms with Gasteiger partial charge < -0.3 is 24.6 Å². The van der Waals surface area contributed by atoms with Crippen LogP contribution >= 0.6 is 11.6 Å². The Labute approximate surface area is 265 Å². The van der Waals surface area contributed by atoms with Gasteiger partial charge in [0.25, 0.3) is 0 Å². The highest BCUT2D eigenvalue weighted by Gasteiger charge is 2.35. The van der Waals surface area contributed by atoms with Crippen LogP contribution in [0.4, 0.5) is 0 Å². The van der Waals surface area contributed by atoms with Gasteiger partial charge in [0.2, 0.25) is 5.91 Å². The predicted octanol–water partition coefficient (Wildman–Crippen LogP) is 6.45. The average Bonchev–Trinajstić information content (AvgIpc) is 3.00. The molecule has 1 aromatic rings. The van der Waals surface area contributed by atoms with Crippen LogP contribution in [0.3, 0.4) is 0 Å². The van der Waals surface area contributed by atoms with Gasteiger partial charge in [-0.2, -0.15) is 0 Å². The minimum atomic E-state index is -0.839. The van der Waals surface area contributed by atoms with Crippen molar-refractivity contribution in [2.75, 3.05) is 26.9 Å². The predicted molar refractivity (Wildman–Crippen MR) is 173 cm³/mol. The number of carbonyl (C=O) groups excluding carboxylic acids is 3. The number of rotatable bonds is 11. The average molecular weight is 628 g/mol. The lowest BCUT2D eigenvalue weighted by atomic mass is 9.82. The number of amides is 1. The Kier molecular flexibility index (Phi) is 18.3. The summed E-state index contributed by atoms with van der Waals surface area (Å²) < 4.78 is 15.1. The van der Waals surface area contributed by atoms with E-state index in [0.717, 1.165) is 0 Å². The number of aliphatic hydroxyl groups is 1. The number of alkyl halides is 1. The minimum Gasteiger partial charge on any atom is -0.468 e. The molecule has 0 aromatic heterocycles. The molecule has 1 aliphatic rings. The maximum atomic E-state index is 11.9. The monoisotopic (exact) mass is 627 g/mol. The smallest absolute Gasteiger partial charge is 0.326 e. The Balaban J connectivity index is 0.000000726. The first-order valence-corrected chi connectivity index (χ1v) is 15.8. The first-order chi connectivity index (χ1) is 19.9. The molecule has 9 heteroatoms. The molecule has 0 saturated carbocycles. The molecule has 0 aliphatic carbocycles. The van der Waals surface area contributed by atoms with E-state index >= 15 is 0 Å². The molecule has 1 amide bonds. The first kappa shape index (κ1) is 40.8. The number of aliphatic hydroxyl groups excluding tert-OH is 1. The van der Waals surface area contributed by atoms with Crippen molar-refractivity contribution in [3.05, 3.63) is 35.9 Å². The molecule has 8 nitrogen and oxygen atoms in total. The number of carbonyl (C=O) groups is 3. The molecule has 1 fully saturated rings. The number of halogens is 1. The van der Waals surface area contributed by atoms with Crippen LogP contribution in [-0.2, 0) is 34.0 Å². The quantitative estimate of drug-likeness (QED) is 0.165. The second-order valence-electron chi connectivity index (χ2n) is 12.8. The fraction of sp³-hybridized carbons (Fsp3) is 0.735. The van der Waals surface area contributed by atoms with Gasteiger partial charge in [0.05, 0.1) is 37.7 Å². The summed E-state index contributed by atoms with van der Waals surface area (Å²) >= 11 is 5.70. The van der Waals surface area contributed by atoms with Gasteiger partial charge in [-0.25, -0.2) is 0 Å². The summed E-state index contributed by atoms with van der Waals surface area (Å²) in [4.78, 5) is 33.6. The second kappa shape index (κ2) is 19.3. The van der Waals surface area contributed by atoms with Crippen LogP contribution in [0.2, 0.25) is 0 Å². The number of hydrogen-bond donors (Lipinski definition) is 2. The van der Waals surface area contributed by atoms with E-state index in [2.05, 4.69) is 61.2 Å². The number of methoxy groups -OCH3 is 1. The van der Waals surface area contributed by atoms with Gasteiger partial charge in [0, 0.05) is 6.61 Å². The molecule has 5 atom stereocenters. The molecule has 5 unspecified atom stereocenters. The minimum absolute atomic E-state index is 0.110. The van der Waals surface area contributed by atoms with Gasteiger partial charge in [-0.3, -0.25) is 14.4 Å². The zero-order valence-electron chi connectivity index (χ0n) is 28.4. The fourth-order valence-corrected chi connectivity index (χ4v) is 3.84. The van der Waals surface area contributed by atoms with Crippen molar-refractivity contribution >= 4 is 29.4 Å². The maximum Gasteiger partial charge on any atom is 0.326 e. The zero-order chi connectivity index (χ0) is 33.4. The van der Waals surface area contributed by atoms with E-state index in [4.69, 9.17) is 21.1 Å². The largest absolute Gasteiger partial charge is 0.468 e. The molecule has 2 rings (SSSR count). The summed E-state index contributed by atoms with van der Waals surface area (Å²) in [5.41, 5.74) is 1.26. The van der Waals surface area contributed by atoms with Gasteiger partial charge in [-0.15, -0.1) is 11.6 Å². The first-order valence-electron chi connectivity index (χ1n) is 15.5. The number of nitrogens with one attached hydrogen (secondary N) is 1. The fourth-order valence-electron chi connectivity index (χ4n) is 3.76. The van der Waals surface area contributed by atoms with Crippen LogP contribution in [0.15, 0.2) is 30.3 Å². The van der Waals surface area contributed by atoms with E-state index in [1.807, 2.05) is 41.5 Å². The van der Waals surface area contributed by atoms with Gasteiger partial charge >= 0.3 is 11.9 Å². The molecule has 2 N–H and O–H groups in total. The van der Waals surface area contributed by atoms with E-state index in [-0.39, 0.29) is 49.3 Å². The highest BCUT2D eigenvalue weighted by atomic mass is 35.5.